The Hall–Kier alpha value is -2.69. The first kappa shape index (κ1) is 14.7. The first-order valence-corrected chi connectivity index (χ1v) is 6.48. The number of ether oxygens (including phenoxy) is 1. The molecule has 2 aromatic carbocycles. The lowest BCUT2D eigenvalue weighted by molar-refractivity contribution is 0.0784. The molecular weight excluding hydrogens is 268 g/mol. The monoisotopic (exact) mass is 286 g/mol. The Balaban J connectivity index is 2.15. The van der Waals surface area contributed by atoms with Crippen LogP contribution in [0.3, 0.4) is 0 Å². The number of nitrogens with two attached hydrogens (primary N) is 1. The van der Waals surface area contributed by atoms with Gasteiger partial charge in [-0.3, -0.25) is 4.79 Å². The predicted octanol–water partition coefficient (Wildman–Crippen LogP) is 2.26. The topological polar surface area (TPSA) is 75.8 Å². The minimum atomic E-state index is -0.142. The van der Waals surface area contributed by atoms with Crippen molar-refractivity contribution < 1.29 is 14.6 Å². The Labute approximate surface area is 123 Å². The maximum atomic E-state index is 12.4. The number of hydrogen-bond donors (Lipinski definition) is 2. The molecule has 2 aromatic rings. The molecule has 0 atom stereocenters. The van der Waals surface area contributed by atoms with E-state index in [1.54, 1.807) is 48.3 Å². The largest absolute Gasteiger partial charge is 0.508 e. The van der Waals surface area contributed by atoms with Crippen LogP contribution in [0.2, 0.25) is 0 Å². The summed E-state index contributed by atoms with van der Waals surface area (Å²) in [5.74, 6) is 0.519. The Morgan fingerprint density at radius 2 is 2.05 bits per heavy atom. The molecule has 0 aliphatic carbocycles. The summed E-state index contributed by atoms with van der Waals surface area (Å²) in [6, 6.07) is 11.8. The van der Waals surface area contributed by atoms with Crippen molar-refractivity contribution in [2.24, 2.45) is 0 Å². The number of aromatic hydroxyl groups is 1. The van der Waals surface area contributed by atoms with Gasteiger partial charge in [-0.1, -0.05) is 12.1 Å². The van der Waals surface area contributed by atoms with Crippen LogP contribution in [-0.2, 0) is 6.54 Å². The molecular formula is C16H18N2O3. The summed E-state index contributed by atoms with van der Waals surface area (Å²) in [7, 11) is 3.21. The number of hydrogen-bond acceptors (Lipinski definition) is 4. The molecule has 0 unspecified atom stereocenters. The van der Waals surface area contributed by atoms with Gasteiger partial charge in [0.05, 0.1) is 12.8 Å². The summed E-state index contributed by atoms with van der Waals surface area (Å²) < 4.78 is 5.12. The number of phenolic OH excluding ortho intramolecular Hbond substituents is 1. The third-order valence-electron chi connectivity index (χ3n) is 3.16. The highest BCUT2D eigenvalue weighted by Crippen LogP contribution is 2.23. The zero-order chi connectivity index (χ0) is 15.4. The smallest absolute Gasteiger partial charge is 0.254 e. The number of nitrogen functional groups attached to an aromatic ring is 1. The van der Waals surface area contributed by atoms with Crippen molar-refractivity contribution in [3.63, 3.8) is 0 Å². The number of nitrogens with zero attached hydrogens (tertiary/aromatic N) is 1. The zero-order valence-electron chi connectivity index (χ0n) is 12.0. The normalized spacial score (nSPS) is 10.2. The Morgan fingerprint density at radius 3 is 2.71 bits per heavy atom. The van der Waals surface area contributed by atoms with Crippen LogP contribution in [0.25, 0.3) is 0 Å². The average molecular weight is 286 g/mol. The summed E-state index contributed by atoms with van der Waals surface area (Å²) in [5, 5.41) is 9.45. The van der Waals surface area contributed by atoms with Gasteiger partial charge in [-0.05, 0) is 35.9 Å². The second kappa shape index (κ2) is 6.17. The van der Waals surface area contributed by atoms with Crippen LogP contribution in [-0.4, -0.2) is 30.1 Å². The van der Waals surface area contributed by atoms with Crippen molar-refractivity contribution in [2.45, 2.75) is 6.54 Å². The van der Waals surface area contributed by atoms with E-state index in [2.05, 4.69) is 0 Å². The Morgan fingerprint density at radius 1 is 1.29 bits per heavy atom. The zero-order valence-corrected chi connectivity index (χ0v) is 12.0. The molecule has 3 N–H and O–H groups in total. The number of phenols is 1. The van der Waals surface area contributed by atoms with Crippen LogP contribution in [0.15, 0.2) is 42.5 Å². The summed E-state index contributed by atoms with van der Waals surface area (Å²) in [6.45, 7) is 0.403. The number of carbonyl (C=O) groups is 1. The van der Waals surface area contributed by atoms with E-state index in [4.69, 9.17) is 10.5 Å². The van der Waals surface area contributed by atoms with Crippen molar-refractivity contribution in [1.29, 1.82) is 0 Å². The van der Waals surface area contributed by atoms with Gasteiger partial charge in [-0.25, -0.2) is 0 Å². The SMILES string of the molecule is COc1cc(C(=O)N(C)Cc2cccc(O)c2)ccc1N. The van der Waals surface area contributed by atoms with Gasteiger partial charge in [0.1, 0.15) is 11.5 Å². The van der Waals surface area contributed by atoms with Crippen LogP contribution in [0.5, 0.6) is 11.5 Å². The molecule has 0 bridgehead atoms. The van der Waals surface area contributed by atoms with E-state index in [0.29, 0.717) is 23.5 Å². The molecule has 2 rings (SSSR count). The van der Waals surface area contributed by atoms with Gasteiger partial charge in [0.25, 0.3) is 5.91 Å². The van der Waals surface area contributed by atoms with Gasteiger partial charge in [0.2, 0.25) is 0 Å². The molecule has 5 nitrogen and oxygen atoms in total. The average Bonchev–Trinajstić information content (AvgIpc) is 2.47. The third-order valence-corrected chi connectivity index (χ3v) is 3.16. The fraction of sp³-hybridized carbons (Fsp3) is 0.188. The number of benzene rings is 2. The molecule has 0 saturated carbocycles. The van der Waals surface area contributed by atoms with E-state index < -0.39 is 0 Å². The quantitative estimate of drug-likeness (QED) is 0.845. The lowest BCUT2D eigenvalue weighted by atomic mass is 10.1. The standard InChI is InChI=1S/C16H18N2O3/c1-18(10-11-4-3-5-13(19)8-11)16(20)12-6-7-14(17)15(9-12)21-2/h3-9,19H,10,17H2,1-2H3. The molecule has 0 aromatic heterocycles. The van der Waals surface area contributed by atoms with E-state index in [1.807, 2.05) is 6.07 Å². The molecule has 0 heterocycles. The van der Waals surface area contributed by atoms with Gasteiger partial charge in [0.15, 0.2) is 0 Å². The van der Waals surface area contributed by atoms with Crippen LogP contribution >= 0.6 is 0 Å². The van der Waals surface area contributed by atoms with Gasteiger partial charge in [-0.15, -0.1) is 0 Å². The number of amides is 1. The van der Waals surface area contributed by atoms with Crippen molar-refractivity contribution in [3.8, 4) is 11.5 Å². The highest BCUT2D eigenvalue weighted by molar-refractivity contribution is 5.95. The van der Waals surface area contributed by atoms with Crippen molar-refractivity contribution in [3.05, 3.63) is 53.6 Å². The minimum Gasteiger partial charge on any atom is -0.508 e. The molecule has 1 amide bonds. The van der Waals surface area contributed by atoms with Crippen LogP contribution in [0, 0.1) is 0 Å². The number of carbonyl (C=O) groups excluding carboxylic acids is 1. The van der Waals surface area contributed by atoms with Gasteiger partial charge >= 0.3 is 0 Å². The van der Waals surface area contributed by atoms with Gasteiger partial charge in [-0.2, -0.15) is 0 Å². The fourth-order valence-electron chi connectivity index (χ4n) is 2.07. The number of methoxy groups -OCH3 is 1. The lowest BCUT2D eigenvalue weighted by Crippen LogP contribution is -2.26. The first-order chi connectivity index (χ1) is 10.0. The molecule has 5 heteroatoms. The van der Waals surface area contributed by atoms with Crippen LogP contribution in [0.1, 0.15) is 15.9 Å². The molecule has 0 aliphatic heterocycles. The van der Waals surface area contributed by atoms with Crippen LogP contribution in [0.4, 0.5) is 5.69 Å². The third kappa shape index (κ3) is 3.45. The molecule has 0 aliphatic rings. The predicted molar refractivity (Wildman–Crippen MR) is 81.3 cm³/mol. The first-order valence-electron chi connectivity index (χ1n) is 6.48. The van der Waals surface area contributed by atoms with E-state index >= 15 is 0 Å². The molecule has 0 spiro atoms. The molecule has 110 valence electrons. The fourth-order valence-corrected chi connectivity index (χ4v) is 2.07. The van der Waals surface area contributed by atoms with Crippen molar-refractivity contribution in [2.75, 3.05) is 19.9 Å². The van der Waals surface area contributed by atoms with E-state index in [0.717, 1.165) is 5.56 Å². The second-order valence-electron chi connectivity index (χ2n) is 4.79. The molecule has 0 saturated heterocycles. The van der Waals surface area contributed by atoms with E-state index in [9.17, 15) is 9.90 Å². The maximum absolute atomic E-state index is 12.4. The van der Waals surface area contributed by atoms with E-state index in [1.165, 1.54) is 7.11 Å². The van der Waals surface area contributed by atoms with Gasteiger partial charge in [0, 0.05) is 19.2 Å². The Bertz CT molecular complexity index is 656. The van der Waals surface area contributed by atoms with Crippen molar-refractivity contribution in [1.82, 2.24) is 4.90 Å². The number of anilines is 1. The molecule has 21 heavy (non-hydrogen) atoms. The number of rotatable bonds is 4. The summed E-state index contributed by atoms with van der Waals surface area (Å²) in [5.41, 5.74) is 7.59. The van der Waals surface area contributed by atoms with Gasteiger partial charge < -0.3 is 20.5 Å². The van der Waals surface area contributed by atoms with E-state index in [-0.39, 0.29) is 11.7 Å². The maximum Gasteiger partial charge on any atom is 0.254 e. The summed E-state index contributed by atoms with van der Waals surface area (Å²) in [6.07, 6.45) is 0. The highest BCUT2D eigenvalue weighted by atomic mass is 16.5. The summed E-state index contributed by atoms with van der Waals surface area (Å²) in [4.78, 5) is 13.9. The second-order valence-corrected chi connectivity index (χ2v) is 4.79. The summed E-state index contributed by atoms with van der Waals surface area (Å²) >= 11 is 0. The highest BCUT2D eigenvalue weighted by Gasteiger charge is 2.14. The minimum absolute atomic E-state index is 0.142. The van der Waals surface area contributed by atoms with Crippen molar-refractivity contribution >= 4 is 11.6 Å². The lowest BCUT2D eigenvalue weighted by Gasteiger charge is -2.18. The Kier molecular flexibility index (Phi) is 4.33. The van der Waals surface area contributed by atoms with Crippen LogP contribution < -0.4 is 10.5 Å². The molecule has 0 radical (unpaired) electrons. The molecule has 0 fully saturated rings.